The number of methoxy groups -OCH3 is 1. The second-order valence-electron chi connectivity index (χ2n) is 14.0. The summed E-state index contributed by atoms with van der Waals surface area (Å²) in [5, 5.41) is 0. The molecule has 0 aromatic heterocycles. The van der Waals surface area contributed by atoms with Crippen molar-refractivity contribution < 1.29 is 51.1 Å². The van der Waals surface area contributed by atoms with E-state index in [2.05, 4.69) is 4.72 Å². The predicted octanol–water partition coefficient (Wildman–Crippen LogP) is 5.85. The van der Waals surface area contributed by atoms with Gasteiger partial charge in [0.2, 0.25) is 10.0 Å². The average molecular weight is 790 g/mol. The molecule has 0 bridgehead atoms. The molecule has 3 unspecified atom stereocenters. The Morgan fingerprint density at radius 3 is 1.84 bits per heavy atom. The smallest absolute Gasteiger partial charge is 0.303 e. The molecule has 300 valence electrons. The van der Waals surface area contributed by atoms with Crippen LogP contribution in [-0.4, -0.2) is 83.3 Å². The first kappa shape index (κ1) is 41.6. The monoisotopic (exact) mass is 789 g/mol. The van der Waals surface area contributed by atoms with Gasteiger partial charge in [-0.2, -0.15) is 0 Å². The van der Waals surface area contributed by atoms with Crippen LogP contribution < -0.4 is 4.72 Å². The minimum absolute atomic E-state index is 0.00385. The van der Waals surface area contributed by atoms with E-state index in [0.717, 1.165) is 22.3 Å². The molecule has 0 radical (unpaired) electrons. The molecule has 9 atom stereocenters. The van der Waals surface area contributed by atoms with Gasteiger partial charge in [-0.15, -0.1) is 0 Å². The topological polar surface area (TPSA) is 137 Å². The van der Waals surface area contributed by atoms with Crippen LogP contribution >= 0.6 is 0 Å². The van der Waals surface area contributed by atoms with E-state index in [1.807, 2.05) is 97.9 Å². The fraction of sp³-hybridized carbons (Fsp3) is 0.419. The van der Waals surface area contributed by atoms with Gasteiger partial charge < -0.3 is 37.9 Å². The van der Waals surface area contributed by atoms with Gasteiger partial charge in [-0.25, -0.2) is 13.1 Å². The summed E-state index contributed by atoms with van der Waals surface area (Å²) < 4.78 is 81.0. The second-order valence-corrected chi connectivity index (χ2v) is 15.7. The van der Waals surface area contributed by atoms with E-state index in [4.69, 9.17) is 37.9 Å². The van der Waals surface area contributed by atoms with Crippen LogP contribution in [0.1, 0.15) is 42.5 Å². The summed E-state index contributed by atoms with van der Waals surface area (Å²) in [5.41, 5.74) is 3.77. The lowest BCUT2D eigenvalue weighted by molar-refractivity contribution is -0.347. The third-order valence-electron chi connectivity index (χ3n) is 9.71. The molecule has 13 heteroatoms. The minimum atomic E-state index is -4.04. The summed E-state index contributed by atoms with van der Waals surface area (Å²) in [4.78, 5) is 12.3. The number of hydrogen-bond donors (Lipinski definition) is 1. The summed E-state index contributed by atoms with van der Waals surface area (Å²) in [5.74, 6) is -0.570. The number of hydrogen-bond acceptors (Lipinski definition) is 11. The summed E-state index contributed by atoms with van der Waals surface area (Å²) in [7, 11) is -2.49. The maximum atomic E-state index is 13.7. The number of aryl methyl sites for hydroxylation is 1. The summed E-state index contributed by atoms with van der Waals surface area (Å²) in [6.07, 6.45) is -6.72. The highest BCUT2D eigenvalue weighted by Gasteiger charge is 2.51. The van der Waals surface area contributed by atoms with Crippen LogP contribution in [0.5, 0.6) is 0 Å². The first-order valence-electron chi connectivity index (χ1n) is 18.8. The van der Waals surface area contributed by atoms with Gasteiger partial charge in [-0.05, 0) is 42.7 Å². The molecule has 2 fully saturated rings. The van der Waals surface area contributed by atoms with Crippen molar-refractivity contribution in [3.63, 3.8) is 0 Å². The standard InChI is InChI=1S/C43H51NO11S/c1-29-20-22-35(23-21-29)56(46,47)44-36-24-38(52-30(2)39(36)53-31(3)45)55-40-37(28-49-25-32-14-8-5-9-15-32)54-43(48-4)42(51-27-34-18-12-7-13-19-34)41(40)50-26-33-16-10-6-11-17-33/h5-23,30,36-44H,24-28H2,1-4H3/t30?,36-,37-,38-,39-,40-,41?,42?,43-/m0/s1. The Hall–Kier alpha value is -4.02. The number of benzene rings is 4. The molecule has 0 spiro atoms. The zero-order valence-electron chi connectivity index (χ0n) is 32.1. The fourth-order valence-electron chi connectivity index (χ4n) is 6.91. The van der Waals surface area contributed by atoms with Crippen LogP contribution in [0.15, 0.2) is 120 Å². The molecular formula is C43H51NO11S. The lowest BCUT2D eigenvalue weighted by Gasteiger charge is -2.48. The highest BCUT2D eigenvalue weighted by Crippen LogP contribution is 2.34. The molecule has 56 heavy (non-hydrogen) atoms. The maximum Gasteiger partial charge on any atom is 0.303 e. The van der Waals surface area contributed by atoms with E-state index in [0.29, 0.717) is 6.61 Å². The Morgan fingerprint density at radius 1 is 0.732 bits per heavy atom. The van der Waals surface area contributed by atoms with Crippen molar-refractivity contribution in [2.45, 2.75) is 107 Å². The zero-order valence-corrected chi connectivity index (χ0v) is 32.9. The Labute approximate surface area is 329 Å². The van der Waals surface area contributed by atoms with Crippen LogP contribution in [0.25, 0.3) is 0 Å². The number of sulfonamides is 1. The minimum Gasteiger partial charge on any atom is -0.458 e. The molecule has 2 aliphatic rings. The summed E-state index contributed by atoms with van der Waals surface area (Å²) in [6, 6.07) is 34.9. The Kier molecular flexibility index (Phi) is 14.8. The Morgan fingerprint density at radius 2 is 1.29 bits per heavy atom. The fourth-order valence-corrected chi connectivity index (χ4v) is 8.17. The van der Waals surface area contributed by atoms with E-state index < -0.39 is 71.2 Å². The van der Waals surface area contributed by atoms with E-state index in [9.17, 15) is 13.2 Å². The normalized spacial score (nSPS) is 26.8. The van der Waals surface area contributed by atoms with Gasteiger partial charge in [-0.1, -0.05) is 109 Å². The summed E-state index contributed by atoms with van der Waals surface area (Å²) >= 11 is 0. The number of nitrogens with one attached hydrogen (secondary N) is 1. The van der Waals surface area contributed by atoms with Gasteiger partial charge in [0.25, 0.3) is 0 Å². The number of esters is 1. The third kappa shape index (κ3) is 11.3. The molecule has 4 aromatic carbocycles. The van der Waals surface area contributed by atoms with Gasteiger partial charge in [0.05, 0.1) is 43.5 Å². The number of carbonyl (C=O) groups excluding carboxylic acids is 1. The molecule has 2 aliphatic heterocycles. The molecule has 1 N–H and O–H groups in total. The first-order valence-corrected chi connectivity index (χ1v) is 20.3. The molecule has 0 aliphatic carbocycles. The van der Waals surface area contributed by atoms with Crippen molar-refractivity contribution in [2.24, 2.45) is 0 Å². The number of carbonyl (C=O) groups is 1. The van der Waals surface area contributed by atoms with E-state index in [1.165, 1.54) is 19.1 Å². The third-order valence-corrected chi connectivity index (χ3v) is 11.2. The van der Waals surface area contributed by atoms with Crippen LogP contribution in [0.3, 0.4) is 0 Å². The van der Waals surface area contributed by atoms with Gasteiger partial charge in [0, 0.05) is 20.5 Å². The Bertz CT molecular complexity index is 1900. The molecule has 4 aromatic rings. The van der Waals surface area contributed by atoms with Gasteiger partial charge in [-0.3, -0.25) is 4.79 Å². The zero-order chi connectivity index (χ0) is 39.5. The Balaban J connectivity index is 1.31. The van der Waals surface area contributed by atoms with Crippen molar-refractivity contribution in [3.05, 3.63) is 138 Å². The average Bonchev–Trinajstić information content (AvgIpc) is 3.19. The lowest BCUT2D eigenvalue weighted by atomic mass is 9.96. The van der Waals surface area contributed by atoms with Crippen LogP contribution in [0.4, 0.5) is 0 Å². The van der Waals surface area contributed by atoms with E-state index in [1.54, 1.807) is 26.2 Å². The highest BCUT2D eigenvalue weighted by molar-refractivity contribution is 7.89. The van der Waals surface area contributed by atoms with Crippen LogP contribution in [0.2, 0.25) is 0 Å². The van der Waals surface area contributed by atoms with Crippen molar-refractivity contribution in [1.82, 2.24) is 4.72 Å². The number of ether oxygens (including phenoxy) is 8. The first-order chi connectivity index (χ1) is 27.1. The maximum absolute atomic E-state index is 13.7. The van der Waals surface area contributed by atoms with Crippen LogP contribution in [0, 0.1) is 6.92 Å². The number of rotatable bonds is 17. The molecule has 12 nitrogen and oxygen atoms in total. The molecule has 0 saturated carbocycles. The van der Waals surface area contributed by atoms with E-state index >= 15 is 0 Å². The van der Waals surface area contributed by atoms with Gasteiger partial charge in [0.15, 0.2) is 12.6 Å². The lowest BCUT2D eigenvalue weighted by Crippen LogP contribution is -2.63. The quantitative estimate of drug-likeness (QED) is 0.129. The highest BCUT2D eigenvalue weighted by atomic mass is 32.2. The van der Waals surface area contributed by atoms with Crippen LogP contribution in [-0.2, 0) is 72.5 Å². The largest absolute Gasteiger partial charge is 0.458 e. The molecule has 2 heterocycles. The van der Waals surface area contributed by atoms with Crippen molar-refractivity contribution in [3.8, 4) is 0 Å². The molecule has 0 amide bonds. The second kappa shape index (κ2) is 19.9. The molecule has 6 rings (SSSR count). The molecule has 2 saturated heterocycles. The van der Waals surface area contributed by atoms with Gasteiger partial charge in [0.1, 0.15) is 30.5 Å². The van der Waals surface area contributed by atoms with Crippen molar-refractivity contribution in [2.75, 3.05) is 13.7 Å². The SMILES string of the molecule is CO[C@H]1O[C@@H](COCc2ccccc2)[C@H](O[C@H]2C[C@H](NS(=O)(=O)c3ccc(C)cc3)[C@@H](OC(C)=O)C(C)O2)C(OCc2ccccc2)C1OCc1ccccc1. The predicted molar refractivity (Wildman–Crippen MR) is 206 cm³/mol. The van der Waals surface area contributed by atoms with Crippen molar-refractivity contribution >= 4 is 16.0 Å². The molecular weight excluding hydrogens is 739 g/mol. The van der Waals surface area contributed by atoms with E-state index in [-0.39, 0.29) is 31.1 Å². The summed E-state index contributed by atoms with van der Waals surface area (Å²) in [6.45, 7) is 5.74. The van der Waals surface area contributed by atoms with Crippen molar-refractivity contribution in [1.29, 1.82) is 0 Å². The van der Waals surface area contributed by atoms with Gasteiger partial charge >= 0.3 is 5.97 Å².